The first kappa shape index (κ1) is 13.7. The zero-order valence-electron chi connectivity index (χ0n) is 10.8. The summed E-state index contributed by atoms with van der Waals surface area (Å²) in [7, 11) is 0. The summed E-state index contributed by atoms with van der Waals surface area (Å²) in [5.74, 6) is -0.362. The van der Waals surface area contributed by atoms with Crippen molar-refractivity contribution in [2.45, 2.75) is 25.4 Å². The van der Waals surface area contributed by atoms with Gasteiger partial charge in [-0.05, 0) is 48.2 Å². The highest BCUT2D eigenvalue weighted by Crippen LogP contribution is 2.33. The average molecular weight is 338 g/mol. The van der Waals surface area contributed by atoms with E-state index in [-0.39, 0.29) is 17.7 Å². The van der Waals surface area contributed by atoms with E-state index in [1.54, 1.807) is 18.2 Å². The maximum absolute atomic E-state index is 13.7. The number of rotatable bonds is 3. The molecule has 1 unspecified atom stereocenters. The van der Waals surface area contributed by atoms with E-state index in [1.807, 2.05) is 6.07 Å². The van der Waals surface area contributed by atoms with Gasteiger partial charge >= 0.3 is 0 Å². The highest BCUT2D eigenvalue weighted by atomic mass is 79.9. The van der Waals surface area contributed by atoms with E-state index in [1.165, 1.54) is 12.1 Å². The average Bonchev–Trinajstić information content (AvgIpc) is 2.85. The Bertz CT molecular complexity index is 642. The van der Waals surface area contributed by atoms with Crippen molar-refractivity contribution in [2.24, 2.45) is 0 Å². The molecule has 0 saturated carbocycles. The molecule has 1 nitrogen and oxygen atoms in total. The monoisotopic (exact) mass is 337 g/mol. The highest BCUT2D eigenvalue weighted by molar-refractivity contribution is 9.10. The van der Waals surface area contributed by atoms with Gasteiger partial charge in [-0.3, -0.25) is 0 Å². The van der Waals surface area contributed by atoms with Crippen molar-refractivity contribution in [3.8, 4) is 0 Å². The molecule has 104 valence electrons. The maximum Gasteiger partial charge on any atom is 0.127 e. The second kappa shape index (κ2) is 5.62. The third-order valence-corrected chi connectivity index (χ3v) is 4.25. The van der Waals surface area contributed by atoms with Gasteiger partial charge in [0.1, 0.15) is 11.6 Å². The molecule has 2 aromatic rings. The molecule has 0 aromatic heterocycles. The Morgan fingerprint density at radius 2 is 2.00 bits per heavy atom. The molecule has 0 bridgehead atoms. The number of hydrogen-bond acceptors (Lipinski definition) is 1. The maximum atomic E-state index is 13.7. The Balaban J connectivity index is 1.75. The lowest BCUT2D eigenvalue weighted by Gasteiger charge is -2.14. The van der Waals surface area contributed by atoms with Gasteiger partial charge in [0.25, 0.3) is 0 Å². The second-order valence-electron chi connectivity index (χ2n) is 5.02. The van der Waals surface area contributed by atoms with E-state index in [2.05, 4.69) is 21.2 Å². The molecule has 0 amide bonds. The predicted molar refractivity (Wildman–Crippen MR) is 78.4 cm³/mol. The molecule has 0 heterocycles. The third-order valence-electron chi connectivity index (χ3n) is 3.76. The molecule has 1 N–H and O–H groups in total. The van der Waals surface area contributed by atoms with Crippen LogP contribution in [0.1, 0.15) is 29.2 Å². The fraction of sp³-hybridized carbons (Fsp3) is 0.250. The number of benzene rings is 2. The first-order chi connectivity index (χ1) is 9.65. The third kappa shape index (κ3) is 2.63. The molecule has 1 aliphatic rings. The van der Waals surface area contributed by atoms with Crippen LogP contribution < -0.4 is 5.32 Å². The van der Waals surface area contributed by atoms with E-state index in [4.69, 9.17) is 0 Å². The van der Waals surface area contributed by atoms with Crippen LogP contribution in [0.5, 0.6) is 0 Å². The van der Waals surface area contributed by atoms with E-state index >= 15 is 0 Å². The summed E-state index contributed by atoms with van der Waals surface area (Å²) in [5, 5.41) is 3.32. The summed E-state index contributed by atoms with van der Waals surface area (Å²) in [6, 6.07) is 10.2. The Morgan fingerprint density at radius 3 is 2.85 bits per heavy atom. The highest BCUT2D eigenvalue weighted by Gasteiger charge is 2.24. The molecule has 0 spiro atoms. The molecule has 0 fully saturated rings. The van der Waals surface area contributed by atoms with Crippen molar-refractivity contribution in [3.05, 3.63) is 69.2 Å². The Hall–Kier alpha value is -1.26. The van der Waals surface area contributed by atoms with Gasteiger partial charge in [0.15, 0.2) is 0 Å². The van der Waals surface area contributed by atoms with Crippen molar-refractivity contribution in [3.63, 3.8) is 0 Å². The van der Waals surface area contributed by atoms with Gasteiger partial charge in [-0.15, -0.1) is 0 Å². The van der Waals surface area contributed by atoms with Crippen molar-refractivity contribution >= 4 is 15.9 Å². The van der Waals surface area contributed by atoms with Crippen LogP contribution in [-0.4, -0.2) is 0 Å². The number of halogens is 3. The van der Waals surface area contributed by atoms with Gasteiger partial charge in [-0.1, -0.05) is 28.1 Å². The van der Waals surface area contributed by atoms with Crippen LogP contribution in [0.25, 0.3) is 0 Å². The van der Waals surface area contributed by atoms with Gasteiger partial charge in [0.2, 0.25) is 0 Å². The minimum atomic E-state index is -0.224. The van der Waals surface area contributed by atoms with E-state index in [0.29, 0.717) is 12.1 Å². The summed E-state index contributed by atoms with van der Waals surface area (Å²) < 4.78 is 28.2. The van der Waals surface area contributed by atoms with Gasteiger partial charge in [0.05, 0.1) is 0 Å². The lowest BCUT2D eigenvalue weighted by molar-refractivity contribution is 0.513. The van der Waals surface area contributed by atoms with Crippen molar-refractivity contribution in [1.82, 2.24) is 5.32 Å². The van der Waals surface area contributed by atoms with Crippen LogP contribution in [-0.2, 0) is 13.0 Å². The topological polar surface area (TPSA) is 12.0 Å². The van der Waals surface area contributed by atoms with Crippen LogP contribution in [0.4, 0.5) is 8.78 Å². The normalized spacial score (nSPS) is 17.2. The Labute approximate surface area is 125 Å². The fourth-order valence-electron chi connectivity index (χ4n) is 2.73. The summed E-state index contributed by atoms with van der Waals surface area (Å²) in [6.07, 6.45) is 1.59. The molecule has 0 saturated heterocycles. The summed E-state index contributed by atoms with van der Waals surface area (Å²) in [4.78, 5) is 0. The van der Waals surface area contributed by atoms with Crippen molar-refractivity contribution < 1.29 is 8.78 Å². The Kier molecular flexibility index (Phi) is 3.85. The zero-order chi connectivity index (χ0) is 14.1. The lowest BCUT2D eigenvalue weighted by atomic mass is 10.1. The first-order valence-corrected chi connectivity index (χ1v) is 7.39. The minimum Gasteiger partial charge on any atom is -0.306 e. The molecule has 1 atom stereocenters. The van der Waals surface area contributed by atoms with Crippen LogP contribution in [0.2, 0.25) is 0 Å². The van der Waals surface area contributed by atoms with Crippen molar-refractivity contribution in [1.29, 1.82) is 0 Å². The predicted octanol–water partition coefficient (Wildman–Crippen LogP) is 4.50. The van der Waals surface area contributed by atoms with Crippen LogP contribution in [0.3, 0.4) is 0 Å². The van der Waals surface area contributed by atoms with Gasteiger partial charge in [-0.25, -0.2) is 8.78 Å². The largest absolute Gasteiger partial charge is 0.306 e. The number of fused-ring (bicyclic) bond motifs is 1. The molecular formula is C16H14BrF2N. The van der Waals surface area contributed by atoms with Gasteiger partial charge in [-0.2, -0.15) is 0 Å². The minimum absolute atomic E-state index is 0.0964. The van der Waals surface area contributed by atoms with Crippen LogP contribution in [0, 0.1) is 11.6 Å². The molecule has 4 heteroatoms. The van der Waals surface area contributed by atoms with E-state index in [9.17, 15) is 8.78 Å². The van der Waals surface area contributed by atoms with Crippen LogP contribution in [0.15, 0.2) is 40.9 Å². The Morgan fingerprint density at radius 1 is 1.15 bits per heavy atom. The lowest BCUT2D eigenvalue weighted by Crippen LogP contribution is -2.19. The van der Waals surface area contributed by atoms with Crippen LogP contribution >= 0.6 is 15.9 Å². The summed E-state index contributed by atoms with van der Waals surface area (Å²) in [6.45, 7) is 0.436. The first-order valence-electron chi connectivity index (χ1n) is 6.60. The number of hydrogen-bond donors (Lipinski definition) is 1. The second-order valence-corrected chi connectivity index (χ2v) is 5.93. The van der Waals surface area contributed by atoms with Crippen molar-refractivity contribution in [2.75, 3.05) is 0 Å². The van der Waals surface area contributed by atoms with E-state index in [0.717, 1.165) is 28.4 Å². The van der Waals surface area contributed by atoms with Gasteiger partial charge in [0, 0.05) is 22.6 Å². The SMILES string of the molecule is Fc1ccc(Br)cc1CNC1CCc2c(F)cccc21. The quantitative estimate of drug-likeness (QED) is 0.869. The summed E-state index contributed by atoms with van der Waals surface area (Å²) >= 11 is 3.34. The molecular weight excluding hydrogens is 324 g/mol. The molecule has 2 aromatic carbocycles. The molecule has 0 radical (unpaired) electrons. The molecule has 20 heavy (non-hydrogen) atoms. The standard InChI is InChI=1S/C16H14BrF2N/c17-11-4-6-14(18)10(8-11)9-20-16-7-5-12-13(16)2-1-3-15(12)19/h1-4,6,8,16,20H,5,7,9H2. The molecule has 1 aliphatic carbocycles. The van der Waals surface area contributed by atoms with E-state index < -0.39 is 0 Å². The smallest absolute Gasteiger partial charge is 0.127 e. The molecule has 3 rings (SSSR count). The summed E-state index contributed by atoms with van der Waals surface area (Å²) in [5.41, 5.74) is 2.41. The van der Waals surface area contributed by atoms with Gasteiger partial charge < -0.3 is 5.32 Å². The fourth-order valence-corrected chi connectivity index (χ4v) is 3.14. The zero-order valence-corrected chi connectivity index (χ0v) is 12.4. The molecule has 0 aliphatic heterocycles. The number of nitrogens with one attached hydrogen (secondary N) is 1.